The molecule has 0 aliphatic rings. The Bertz CT molecular complexity index is 277. The van der Waals surface area contributed by atoms with Gasteiger partial charge in [-0.05, 0) is 18.2 Å². The van der Waals surface area contributed by atoms with E-state index in [0.29, 0.717) is 11.3 Å². The van der Waals surface area contributed by atoms with Crippen LogP contribution in [0.4, 0.5) is 5.69 Å². The van der Waals surface area contributed by atoms with Crippen molar-refractivity contribution in [1.82, 2.24) is 0 Å². The van der Waals surface area contributed by atoms with Crippen LogP contribution < -0.4 is 5.73 Å². The van der Waals surface area contributed by atoms with Gasteiger partial charge < -0.3 is 10.5 Å². The summed E-state index contributed by atoms with van der Waals surface area (Å²) in [7, 11) is 1.34. The van der Waals surface area contributed by atoms with Gasteiger partial charge in [0.15, 0.2) is 0 Å². The van der Waals surface area contributed by atoms with E-state index < -0.39 is 0 Å². The number of carbonyl (C=O) groups excluding carboxylic acids is 1. The minimum absolute atomic E-state index is 0. The first-order valence-corrected chi connectivity index (χ1v) is 4.18. The molecule has 0 aliphatic carbocycles. The Balaban J connectivity index is -0.000000339. The minimum Gasteiger partial charge on any atom is -0.465 e. The van der Waals surface area contributed by atoms with Crippen LogP contribution in [0.25, 0.3) is 0 Å². The molecule has 0 saturated heterocycles. The van der Waals surface area contributed by atoms with Crippen LogP contribution in [-0.2, 0) is 4.74 Å². The zero-order chi connectivity index (χ0) is 10.3. The number of rotatable bonds is 1. The van der Waals surface area contributed by atoms with Crippen LogP contribution >= 0.6 is 13.5 Å². The lowest BCUT2D eigenvalue weighted by molar-refractivity contribution is 0.0601. The van der Waals surface area contributed by atoms with Gasteiger partial charge in [0, 0.05) is 5.69 Å². The molecule has 0 unspecified atom stereocenters. The van der Waals surface area contributed by atoms with Crippen molar-refractivity contribution in [2.45, 2.75) is 21.3 Å². The first kappa shape index (κ1) is 19.4. The number of nitrogens with two attached hydrogens (primary N) is 1. The lowest BCUT2D eigenvalue weighted by atomic mass is 10.2. The van der Waals surface area contributed by atoms with E-state index in [2.05, 4.69) is 4.74 Å². The van der Waals surface area contributed by atoms with Crippen molar-refractivity contribution in [3.8, 4) is 0 Å². The van der Waals surface area contributed by atoms with Gasteiger partial charge in [-0.15, -0.1) is 0 Å². The first-order valence-electron chi connectivity index (χ1n) is 4.18. The summed E-state index contributed by atoms with van der Waals surface area (Å²) in [5.74, 6) is -0.364. The largest absolute Gasteiger partial charge is 0.465 e. The van der Waals surface area contributed by atoms with Crippen molar-refractivity contribution in [3.63, 3.8) is 0 Å². The highest BCUT2D eigenvalue weighted by Crippen LogP contribution is 2.06. The summed E-state index contributed by atoms with van der Waals surface area (Å²) in [6.07, 6.45) is 0. The molecule has 0 aliphatic heterocycles. The number of nitrogen functional groups attached to an aromatic ring is 1. The van der Waals surface area contributed by atoms with Gasteiger partial charge in [0.25, 0.3) is 0 Å². The van der Waals surface area contributed by atoms with E-state index in [1.807, 2.05) is 13.8 Å². The van der Waals surface area contributed by atoms with Crippen LogP contribution in [0, 0.1) is 0 Å². The van der Waals surface area contributed by atoms with Gasteiger partial charge in [0.2, 0.25) is 0 Å². The Morgan fingerprint density at radius 1 is 1.33 bits per heavy atom. The van der Waals surface area contributed by atoms with Crippen LogP contribution in [0.3, 0.4) is 0 Å². The average Bonchev–Trinajstić information content (AvgIpc) is 2.20. The molecule has 0 radical (unpaired) electrons. The topological polar surface area (TPSA) is 52.3 Å². The third kappa shape index (κ3) is 6.85. The Morgan fingerprint density at radius 3 is 2.27 bits per heavy atom. The highest BCUT2D eigenvalue weighted by atomic mass is 32.1. The minimum atomic E-state index is -0.364. The van der Waals surface area contributed by atoms with Crippen LogP contribution in [0.15, 0.2) is 24.3 Å². The Morgan fingerprint density at radius 2 is 1.87 bits per heavy atom. The fraction of sp³-hybridized carbons (Fsp3) is 0.364. The molecular formula is C11H21NO2S. The second kappa shape index (κ2) is 10.9. The molecule has 1 aromatic rings. The predicted octanol–water partition coefficient (Wildman–Crippen LogP) is 2.83. The number of hydrogen-bond acceptors (Lipinski definition) is 3. The molecule has 0 heterocycles. The Labute approximate surface area is 99.1 Å². The molecule has 0 saturated carbocycles. The molecule has 15 heavy (non-hydrogen) atoms. The third-order valence-electron chi connectivity index (χ3n) is 1.31. The maximum atomic E-state index is 10.9. The number of hydrogen-bond donors (Lipinski definition) is 1. The average molecular weight is 231 g/mol. The van der Waals surface area contributed by atoms with Crippen LogP contribution in [0.1, 0.15) is 31.6 Å². The summed E-state index contributed by atoms with van der Waals surface area (Å²) in [6.45, 7) is 4.00. The quantitative estimate of drug-likeness (QED) is 0.597. The molecule has 3 nitrogen and oxygen atoms in total. The van der Waals surface area contributed by atoms with Crippen molar-refractivity contribution in [3.05, 3.63) is 29.8 Å². The third-order valence-corrected chi connectivity index (χ3v) is 1.31. The second-order valence-corrected chi connectivity index (χ2v) is 2.12. The van der Waals surface area contributed by atoms with Gasteiger partial charge in [0.05, 0.1) is 12.7 Å². The Hall–Kier alpha value is -1.16. The summed E-state index contributed by atoms with van der Waals surface area (Å²) in [4.78, 5) is 10.9. The van der Waals surface area contributed by atoms with E-state index in [1.165, 1.54) is 7.11 Å². The molecule has 1 rings (SSSR count). The smallest absolute Gasteiger partial charge is 0.337 e. The second-order valence-electron chi connectivity index (χ2n) is 2.12. The van der Waals surface area contributed by atoms with Gasteiger partial charge in [-0.2, -0.15) is 13.5 Å². The zero-order valence-electron chi connectivity index (χ0n) is 8.70. The van der Waals surface area contributed by atoms with E-state index in [9.17, 15) is 4.79 Å². The first-order chi connectivity index (χ1) is 6.24. The summed E-state index contributed by atoms with van der Waals surface area (Å²) in [5.41, 5.74) is 6.49. The number of methoxy groups -OCH3 is 1. The summed E-state index contributed by atoms with van der Waals surface area (Å²) in [6, 6.07) is 6.65. The standard InChI is InChI=1S/C8H9NO2.C2H6.CH4.H2S/c1-11-8(10)6-3-2-4-7(9)5-6;1-2;;/h2-5H,9H2,1H3;1-2H3;1H4;1H2. The molecule has 0 bridgehead atoms. The highest BCUT2D eigenvalue weighted by Gasteiger charge is 2.02. The molecule has 0 fully saturated rings. The molecular weight excluding hydrogens is 210 g/mol. The fourth-order valence-electron chi connectivity index (χ4n) is 0.783. The van der Waals surface area contributed by atoms with Gasteiger partial charge in [-0.25, -0.2) is 4.79 Å². The maximum absolute atomic E-state index is 10.9. The van der Waals surface area contributed by atoms with E-state index >= 15 is 0 Å². The highest BCUT2D eigenvalue weighted by molar-refractivity contribution is 7.59. The number of anilines is 1. The van der Waals surface area contributed by atoms with Crippen LogP contribution in [0.5, 0.6) is 0 Å². The maximum Gasteiger partial charge on any atom is 0.337 e. The van der Waals surface area contributed by atoms with Gasteiger partial charge in [-0.1, -0.05) is 27.3 Å². The molecule has 88 valence electrons. The molecule has 0 amide bonds. The van der Waals surface area contributed by atoms with Gasteiger partial charge in [0.1, 0.15) is 0 Å². The molecule has 0 aromatic heterocycles. The van der Waals surface area contributed by atoms with Crippen molar-refractivity contribution in [1.29, 1.82) is 0 Å². The molecule has 2 N–H and O–H groups in total. The van der Waals surface area contributed by atoms with E-state index in [-0.39, 0.29) is 26.9 Å². The SMILES string of the molecule is C.CC.COC(=O)c1cccc(N)c1.S. The number of ether oxygens (including phenoxy) is 1. The van der Waals surface area contributed by atoms with E-state index in [4.69, 9.17) is 5.73 Å². The van der Waals surface area contributed by atoms with Gasteiger partial charge in [-0.3, -0.25) is 0 Å². The van der Waals surface area contributed by atoms with Crippen molar-refractivity contribution < 1.29 is 9.53 Å². The molecule has 0 atom stereocenters. The lowest BCUT2D eigenvalue weighted by Gasteiger charge is -1.98. The molecule has 4 heteroatoms. The number of benzene rings is 1. The fourth-order valence-corrected chi connectivity index (χ4v) is 0.783. The van der Waals surface area contributed by atoms with Crippen molar-refractivity contribution in [2.24, 2.45) is 0 Å². The summed E-state index contributed by atoms with van der Waals surface area (Å²) < 4.78 is 4.50. The van der Waals surface area contributed by atoms with Crippen molar-refractivity contribution in [2.75, 3.05) is 12.8 Å². The van der Waals surface area contributed by atoms with E-state index in [1.54, 1.807) is 24.3 Å². The number of carbonyl (C=O) groups is 1. The monoisotopic (exact) mass is 231 g/mol. The predicted molar refractivity (Wildman–Crippen MR) is 70.7 cm³/mol. The van der Waals surface area contributed by atoms with Crippen LogP contribution in [0.2, 0.25) is 0 Å². The molecule has 1 aromatic carbocycles. The summed E-state index contributed by atoms with van der Waals surface area (Å²) in [5, 5.41) is 0. The Kier molecular flexibility index (Phi) is 14.1. The van der Waals surface area contributed by atoms with E-state index in [0.717, 1.165) is 0 Å². The number of esters is 1. The zero-order valence-corrected chi connectivity index (χ0v) is 9.70. The van der Waals surface area contributed by atoms with Gasteiger partial charge >= 0.3 is 5.97 Å². The van der Waals surface area contributed by atoms with Crippen LogP contribution in [-0.4, -0.2) is 13.1 Å². The summed E-state index contributed by atoms with van der Waals surface area (Å²) >= 11 is 0. The lowest BCUT2D eigenvalue weighted by Crippen LogP contribution is -2.01. The normalized spacial score (nSPS) is 7.13. The van der Waals surface area contributed by atoms with Crippen molar-refractivity contribution >= 4 is 25.2 Å². The molecule has 0 spiro atoms.